The van der Waals surface area contributed by atoms with Crippen LogP contribution in [0.15, 0.2) is 78.5 Å². The molecular formula is C26H24FN3O2. The van der Waals surface area contributed by atoms with Crippen LogP contribution in [0, 0.1) is 5.82 Å². The second-order valence-corrected chi connectivity index (χ2v) is 7.79. The lowest BCUT2D eigenvalue weighted by Crippen LogP contribution is -2.32. The third-order valence-corrected chi connectivity index (χ3v) is 5.45. The molecule has 6 heteroatoms. The first kappa shape index (κ1) is 21.3. The zero-order chi connectivity index (χ0) is 22.8. The van der Waals surface area contributed by atoms with Gasteiger partial charge in [0.1, 0.15) is 11.5 Å². The Hall–Kier alpha value is -3.93. The van der Waals surface area contributed by atoms with Gasteiger partial charge in [-0.2, -0.15) is 0 Å². The zero-order valence-electron chi connectivity index (χ0n) is 18.2. The quantitative estimate of drug-likeness (QED) is 0.569. The number of nitrogens with zero attached hydrogens (tertiary/aromatic N) is 2. The molecule has 2 amide bonds. The van der Waals surface area contributed by atoms with Crippen LogP contribution in [0.5, 0.6) is 0 Å². The van der Waals surface area contributed by atoms with E-state index in [1.165, 1.54) is 29.8 Å². The minimum Gasteiger partial charge on any atom is -0.378 e. The van der Waals surface area contributed by atoms with Crippen LogP contribution in [0.4, 0.5) is 21.5 Å². The van der Waals surface area contributed by atoms with Gasteiger partial charge in [0.2, 0.25) is 0 Å². The predicted molar refractivity (Wildman–Crippen MR) is 126 cm³/mol. The Balaban J connectivity index is 1.79. The van der Waals surface area contributed by atoms with E-state index in [1.807, 2.05) is 49.3 Å². The monoisotopic (exact) mass is 429 g/mol. The largest absolute Gasteiger partial charge is 0.378 e. The van der Waals surface area contributed by atoms with E-state index < -0.39 is 17.6 Å². The molecule has 0 atom stereocenters. The highest BCUT2D eigenvalue weighted by Crippen LogP contribution is 2.35. The summed E-state index contributed by atoms with van der Waals surface area (Å²) in [5, 5.41) is 3.14. The fourth-order valence-corrected chi connectivity index (χ4v) is 3.64. The Morgan fingerprint density at radius 2 is 1.59 bits per heavy atom. The molecule has 0 aliphatic carbocycles. The number of halogens is 1. The summed E-state index contributed by atoms with van der Waals surface area (Å²) in [6.07, 6.45) is 0.900. The number of benzene rings is 3. The summed E-state index contributed by atoms with van der Waals surface area (Å²) >= 11 is 0. The standard InChI is InChI=1S/C26H24FN3O2/c1-4-17-8-14-20(15-9-17)28-24-23(18-10-12-19(27)13-11-18)25(31)30(26(24)32)22-7-5-6-21(16-22)29(2)3/h5-16,28H,4H2,1-3H3. The topological polar surface area (TPSA) is 52.7 Å². The van der Waals surface area contributed by atoms with Crippen LogP contribution < -0.4 is 15.1 Å². The summed E-state index contributed by atoms with van der Waals surface area (Å²) in [6, 6.07) is 20.5. The first-order valence-electron chi connectivity index (χ1n) is 10.4. The molecule has 32 heavy (non-hydrogen) atoms. The highest BCUT2D eigenvalue weighted by Gasteiger charge is 2.40. The van der Waals surface area contributed by atoms with E-state index >= 15 is 0 Å². The molecule has 0 spiro atoms. The van der Waals surface area contributed by atoms with Gasteiger partial charge >= 0.3 is 0 Å². The molecule has 4 rings (SSSR count). The smallest absolute Gasteiger partial charge is 0.282 e. The molecule has 1 aliphatic heterocycles. The van der Waals surface area contributed by atoms with E-state index in [-0.39, 0.29) is 11.3 Å². The van der Waals surface area contributed by atoms with Gasteiger partial charge in [-0.25, -0.2) is 9.29 Å². The van der Waals surface area contributed by atoms with Gasteiger partial charge in [0.15, 0.2) is 0 Å². The van der Waals surface area contributed by atoms with Crippen LogP contribution in [-0.2, 0) is 16.0 Å². The number of nitrogens with one attached hydrogen (secondary N) is 1. The van der Waals surface area contributed by atoms with Gasteiger partial charge in [0.25, 0.3) is 11.8 Å². The molecule has 0 saturated heterocycles. The number of hydrogen-bond donors (Lipinski definition) is 1. The van der Waals surface area contributed by atoms with Crippen molar-refractivity contribution in [3.63, 3.8) is 0 Å². The molecule has 0 radical (unpaired) electrons. The van der Waals surface area contributed by atoms with Crippen molar-refractivity contribution in [1.82, 2.24) is 0 Å². The first-order valence-corrected chi connectivity index (χ1v) is 10.4. The van der Waals surface area contributed by atoms with Crippen LogP contribution in [0.25, 0.3) is 5.57 Å². The average molecular weight is 429 g/mol. The van der Waals surface area contributed by atoms with E-state index in [0.29, 0.717) is 16.9 Å². The summed E-state index contributed by atoms with van der Waals surface area (Å²) in [6.45, 7) is 2.07. The Morgan fingerprint density at radius 1 is 0.906 bits per heavy atom. The maximum atomic E-state index is 13.5. The molecule has 0 saturated carbocycles. The summed E-state index contributed by atoms with van der Waals surface area (Å²) in [4.78, 5) is 30.0. The van der Waals surface area contributed by atoms with Crippen molar-refractivity contribution in [3.05, 3.63) is 95.4 Å². The zero-order valence-corrected chi connectivity index (χ0v) is 18.2. The SMILES string of the molecule is CCc1ccc(NC2=C(c3ccc(F)cc3)C(=O)N(c3cccc(N(C)C)c3)C2=O)cc1. The normalized spacial score (nSPS) is 13.7. The Bertz CT molecular complexity index is 1200. The molecule has 0 bridgehead atoms. The predicted octanol–water partition coefficient (Wildman–Crippen LogP) is 4.85. The molecule has 1 aliphatic rings. The number of imide groups is 1. The summed E-state index contributed by atoms with van der Waals surface area (Å²) in [5.74, 6) is -1.32. The summed E-state index contributed by atoms with van der Waals surface area (Å²) in [5.41, 5.74) is 4.06. The van der Waals surface area contributed by atoms with Gasteiger partial charge < -0.3 is 10.2 Å². The highest BCUT2D eigenvalue weighted by atomic mass is 19.1. The Morgan fingerprint density at radius 3 is 2.22 bits per heavy atom. The Kier molecular flexibility index (Phi) is 5.77. The van der Waals surface area contributed by atoms with Crippen LogP contribution >= 0.6 is 0 Å². The van der Waals surface area contributed by atoms with Crippen LogP contribution in [0.1, 0.15) is 18.1 Å². The molecule has 162 valence electrons. The van der Waals surface area contributed by atoms with Crippen molar-refractivity contribution in [2.45, 2.75) is 13.3 Å². The van der Waals surface area contributed by atoms with Crippen molar-refractivity contribution >= 4 is 34.4 Å². The minimum absolute atomic E-state index is 0.168. The maximum absolute atomic E-state index is 13.5. The molecule has 1 heterocycles. The van der Waals surface area contributed by atoms with E-state index in [0.717, 1.165) is 17.0 Å². The van der Waals surface area contributed by atoms with Crippen molar-refractivity contribution in [3.8, 4) is 0 Å². The van der Waals surface area contributed by atoms with Crippen LogP contribution in [0.3, 0.4) is 0 Å². The number of carbonyl (C=O) groups excluding carboxylic acids is 2. The van der Waals surface area contributed by atoms with Crippen molar-refractivity contribution in [1.29, 1.82) is 0 Å². The first-order chi connectivity index (χ1) is 15.4. The lowest BCUT2D eigenvalue weighted by molar-refractivity contribution is -0.120. The highest BCUT2D eigenvalue weighted by molar-refractivity contribution is 6.46. The molecule has 3 aromatic carbocycles. The summed E-state index contributed by atoms with van der Waals surface area (Å²) < 4.78 is 13.5. The van der Waals surface area contributed by atoms with Crippen molar-refractivity contribution < 1.29 is 14.0 Å². The molecule has 5 nitrogen and oxygen atoms in total. The molecular weight excluding hydrogens is 405 g/mol. The van der Waals surface area contributed by atoms with Crippen molar-refractivity contribution in [2.24, 2.45) is 0 Å². The minimum atomic E-state index is -0.454. The third kappa shape index (κ3) is 3.99. The Labute approximate surface area is 186 Å². The number of carbonyl (C=O) groups is 2. The number of amides is 2. The number of aryl methyl sites for hydroxylation is 1. The second kappa shape index (κ2) is 8.67. The number of rotatable bonds is 6. The van der Waals surface area contributed by atoms with Gasteiger partial charge in [0, 0.05) is 25.5 Å². The molecule has 1 N–H and O–H groups in total. The lowest BCUT2D eigenvalue weighted by Gasteiger charge is -2.19. The summed E-state index contributed by atoms with van der Waals surface area (Å²) in [7, 11) is 3.78. The van der Waals surface area contributed by atoms with Gasteiger partial charge in [-0.05, 0) is 60.0 Å². The van der Waals surface area contributed by atoms with Crippen LogP contribution in [-0.4, -0.2) is 25.9 Å². The van der Waals surface area contributed by atoms with Gasteiger partial charge in [-0.1, -0.05) is 37.3 Å². The number of hydrogen-bond acceptors (Lipinski definition) is 4. The van der Waals surface area contributed by atoms with Crippen LogP contribution in [0.2, 0.25) is 0 Å². The molecule has 0 unspecified atom stereocenters. The average Bonchev–Trinajstić information content (AvgIpc) is 3.04. The maximum Gasteiger partial charge on any atom is 0.282 e. The van der Waals surface area contributed by atoms with E-state index in [2.05, 4.69) is 12.2 Å². The molecule has 3 aromatic rings. The number of anilines is 3. The van der Waals surface area contributed by atoms with E-state index in [1.54, 1.807) is 18.2 Å². The van der Waals surface area contributed by atoms with Gasteiger partial charge in [-0.15, -0.1) is 0 Å². The molecule has 0 aromatic heterocycles. The third-order valence-electron chi connectivity index (χ3n) is 5.45. The fraction of sp³-hybridized carbons (Fsp3) is 0.154. The van der Waals surface area contributed by atoms with Gasteiger partial charge in [0.05, 0.1) is 11.3 Å². The van der Waals surface area contributed by atoms with Gasteiger partial charge in [-0.3, -0.25) is 9.59 Å². The molecule has 0 fully saturated rings. The van der Waals surface area contributed by atoms with E-state index in [9.17, 15) is 14.0 Å². The van der Waals surface area contributed by atoms with E-state index in [4.69, 9.17) is 0 Å². The fourth-order valence-electron chi connectivity index (χ4n) is 3.64. The second-order valence-electron chi connectivity index (χ2n) is 7.79. The van der Waals surface area contributed by atoms with Crippen molar-refractivity contribution in [2.75, 3.05) is 29.2 Å². The lowest BCUT2D eigenvalue weighted by atomic mass is 10.0.